The van der Waals surface area contributed by atoms with Crippen LogP contribution in [0, 0.1) is 17.8 Å². The van der Waals surface area contributed by atoms with Crippen LogP contribution in [0.5, 0.6) is 0 Å². The van der Waals surface area contributed by atoms with E-state index in [4.69, 9.17) is 0 Å². The highest BCUT2D eigenvalue weighted by Crippen LogP contribution is 2.35. The Kier molecular flexibility index (Phi) is 4.56. The van der Waals surface area contributed by atoms with Crippen LogP contribution < -0.4 is 0 Å². The van der Waals surface area contributed by atoms with Crippen molar-refractivity contribution in [3.05, 3.63) is 0 Å². The number of nitrogens with zero attached hydrogens (tertiary/aromatic N) is 2. The lowest BCUT2D eigenvalue weighted by Gasteiger charge is -2.38. The first-order valence-corrected chi connectivity index (χ1v) is 8.50. The van der Waals surface area contributed by atoms with Gasteiger partial charge < -0.3 is 9.80 Å². The van der Waals surface area contributed by atoms with Gasteiger partial charge in [-0.1, -0.05) is 0 Å². The van der Waals surface area contributed by atoms with Crippen LogP contribution in [0.25, 0.3) is 0 Å². The van der Waals surface area contributed by atoms with Gasteiger partial charge >= 0.3 is 6.18 Å². The molecule has 1 saturated carbocycles. The van der Waals surface area contributed by atoms with Gasteiger partial charge in [0.2, 0.25) is 11.8 Å². The zero-order valence-electron chi connectivity index (χ0n) is 13.1. The maximum Gasteiger partial charge on any atom is 0.393 e. The summed E-state index contributed by atoms with van der Waals surface area (Å²) in [4.78, 5) is 27.9. The third-order valence-electron chi connectivity index (χ3n) is 5.20. The van der Waals surface area contributed by atoms with Crippen LogP contribution in [0.4, 0.5) is 13.2 Å². The fourth-order valence-electron chi connectivity index (χ4n) is 3.67. The third kappa shape index (κ3) is 3.80. The van der Waals surface area contributed by atoms with E-state index < -0.39 is 12.1 Å². The first-order valence-electron chi connectivity index (χ1n) is 8.50. The van der Waals surface area contributed by atoms with E-state index >= 15 is 0 Å². The molecule has 3 fully saturated rings. The molecule has 0 unspecified atom stereocenters. The molecule has 3 aliphatic rings. The van der Waals surface area contributed by atoms with Crippen LogP contribution in [0.2, 0.25) is 0 Å². The predicted molar refractivity (Wildman–Crippen MR) is 77.4 cm³/mol. The van der Waals surface area contributed by atoms with Crippen LogP contribution in [-0.2, 0) is 9.59 Å². The largest absolute Gasteiger partial charge is 0.393 e. The van der Waals surface area contributed by atoms with Crippen molar-refractivity contribution in [2.75, 3.05) is 26.2 Å². The van der Waals surface area contributed by atoms with E-state index in [1.54, 1.807) is 4.90 Å². The monoisotopic (exact) mass is 332 g/mol. The molecule has 130 valence electrons. The van der Waals surface area contributed by atoms with E-state index in [-0.39, 0.29) is 36.6 Å². The van der Waals surface area contributed by atoms with Crippen molar-refractivity contribution in [1.82, 2.24) is 9.80 Å². The number of amides is 2. The highest BCUT2D eigenvalue weighted by Gasteiger charge is 2.44. The molecule has 2 saturated heterocycles. The molecule has 0 radical (unpaired) electrons. The minimum absolute atomic E-state index is 0.101. The molecule has 4 nitrogen and oxygen atoms in total. The molecule has 0 aromatic carbocycles. The maximum atomic E-state index is 12.9. The smallest absolute Gasteiger partial charge is 0.342 e. The molecule has 7 heteroatoms. The number of carbonyl (C=O) groups excluding carboxylic acids is 2. The number of rotatable bonds is 2. The zero-order chi connectivity index (χ0) is 16.6. The van der Waals surface area contributed by atoms with Crippen molar-refractivity contribution in [1.29, 1.82) is 0 Å². The summed E-state index contributed by atoms with van der Waals surface area (Å²) in [5.74, 6) is -1.71. The highest BCUT2D eigenvalue weighted by molar-refractivity contribution is 5.83. The Bertz CT molecular complexity index is 476. The highest BCUT2D eigenvalue weighted by atomic mass is 19.4. The summed E-state index contributed by atoms with van der Waals surface area (Å²) in [6.07, 6.45) is -0.469. The number of halogens is 3. The van der Waals surface area contributed by atoms with Crippen molar-refractivity contribution >= 4 is 11.8 Å². The van der Waals surface area contributed by atoms with Gasteiger partial charge in [-0.3, -0.25) is 9.59 Å². The van der Waals surface area contributed by atoms with Crippen LogP contribution in [-0.4, -0.2) is 54.0 Å². The Balaban J connectivity index is 1.59. The van der Waals surface area contributed by atoms with Gasteiger partial charge in [-0.15, -0.1) is 0 Å². The van der Waals surface area contributed by atoms with Crippen LogP contribution in [0.15, 0.2) is 0 Å². The molecule has 2 amide bonds. The minimum atomic E-state index is -4.24. The van der Waals surface area contributed by atoms with Gasteiger partial charge in [0.25, 0.3) is 0 Å². The van der Waals surface area contributed by atoms with E-state index in [9.17, 15) is 22.8 Å². The fourth-order valence-corrected chi connectivity index (χ4v) is 3.67. The van der Waals surface area contributed by atoms with E-state index in [2.05, 4.69) is 0 Å². The molecule has 2 heterocycles. The number of piperidine rings is 2. The summed E-state index contributed by atoms with van der Waals surface area (Å²) in [6, 6.07) is 0. The number of carbonyl (C=O) groups is 2. The molecule has 0 aromatic rings. The number of likely N-dealkylation sites (tertiary alicyclic amines) is 2. The summed E-state index contributed by atoms with van der Waals surface area (Å²) in [6.45, 7) is 1.22. The average molecular weight is 332 g/mol. The van der Waals surface area contributed by atoms with Crippen LogP contribution >= 0.6 is 0 Å². The second-order valence-electron chi connectivity index (χ2n) is 7.06. The second-order valence-corrected chi connectivity index (χ2v) is 7.06. The molecule has 3 rings (SSSR count). The molecule has 2 aliphatic heterocycles. The predicted octanol–water partition coefficient (Wildman–Crippen LogP) is 2.44. The van der Waals surface area contributed by atoms with Gasteiger partial charge in [0.05, 0.1) is 11.8 Å². The summed E-state index contributed by atoms with van der Waals surface area (Å²) in [7, 11) is 0. The fraction of sp³-hybridized carbons (Fsp3) is 0.875. The normalized spacial score (nSPS) is 29.5. The number of alkyl halides is 3. The van der Waals surface area contributed by atoms with Crippen molar-refractivity contribution in [3.8, 4) is 0 Å². The lowest BCUT2D eigenvalue weighted by molar-refractivity contribution is -0.189. The molecule has 2 atom stereocenters. The Morgan fingerprint density at radius 3 is 1.96 bits per heavy atom. The molecule has 0 bridgehead atoms. The number of hydrogen-bond donors (Lipinski definition) is 0. The molecular weight excluding hydrogens is 309 g/mol. The van der Waals surface area contributed by atoms with Gasteiger partial charge in [0.1, 0.15) is 0 Å². The Labute approximate surface area is 134 Å². The van der Waals surface area contributed by atoms with Gasteiger partial charge in [0, 0.05) is 32.1 Å². The first kappa shape index (κ1) is 16.6. The van der Waals surface area contributed by atoms with E-state index in [0.29, 0.717) is 32.5 Å². The molecular formula is C16H23F3N2O2. The van der Waals surface area contributed by atoms with Gasteiger partial charge in [-0.05, 0) is 38.5 Å². The SMILES string of the molecule is O=C(C1CC1)N1CCC[C@H](C(=O)N2CCC[C@@H](C(F)(F)F)C2)C1. The number of hydrogen-bond acceptors (Lipinski definition) is 2. The van der Waals surface area contributed by atoms with Crippen molar-refractivity contribution in [3.63, 3.8) is 0 Å². The van der Waals surface area contributed by atoms with Gasteiger partial charge in [0.15, 0.2) is 0 Å². The summed E-state index contributed by atoms with van der Waals surface area (Å²) < 4.78 is 38.7. The first-order chi connectivity index (χ1) is 10.9. The Morgan fingerprint density at radius 2 is 1.35 bits per heavy atom. The van der Waals surface area contributed by atoms with E-state index in [1.807, 2.05) is 0 Å². The lowest BCUT2D eigenvalue weighted by Crippen LogP contribution is -2.51. The Morgan fingerprint density at radius 1 is 0.783 bits per heavy atom. The Hall–Kier alpha value is -1.27. The van der Waals surface area contributed by atoms with Crippen LogP contribution in [0.1, 0.15) is 38.5 Å². The van der Waals surface area contributed by atoms with Crippen LogP contribution in [0.3, 0.4) is 0 Å². The quantitative estimate of drug-likeness (QED) is 0.779. The third-order valence-corrected chi connectivity index (χ3v) is 5.20. The zero-order valence-corrected chi connectivity index (χ0v) is 13.1. The summed E-state index contributed by atoms with van der Waals surface area (Å²) in [5.41, 5.74) is 0. The minimum Gasteiger partial charge on any atom is -0.342 e. The standard InChI is InChI=1S/C16H23F3N2O2/c17-16(18,19)13-4-2-8-21(10-13)15(23)12-3-1-7-20(9-12)14(22)11-5-6-11/h11-13H,1-10H2/t12-,13+/m0/s1. The molecule has 0 aromatic heterocycles. The summed E-state index contributed by atoms with van der Waals surface area (Å²) >= 11 is 0. The van der Waals surface area contributed by atoms with Crippen molar-refractivity contribution < 1.29 is 22.8 Å². The molecule has 1 aliphatic carbocycles. The molecule has 0 N–H and O–H groups in total. The second kappa shape index (κ2) is 6.32. The van der Waals surface area contributed by atoms with Gasteiger partial charge in [-0.25, -0.2) is 0 Å². The maximum absolute atomic E-state index is 12.9. The topological polar surface area (TPSA) is 40.6 Å². The van der Waals surface area contributed by atoms with Crippen molar-refractivity contribution in [2.24, 2.45) is 17.8 Å². The summed E-state index contributed by atoms with van der Waals surface area (Å²) in [5, 5.41) is 0. The molecule has 0 spiro atoms. The average Bonchev–Trinajstić information content (AvgIpc) is 3.38. The van der Waals surface area contributed by atoms with Gasteiger partial charge in [-0.2, -0.15) is 13.2 Å². The van der Waals surface area contributed by atoms with E-state index in [1.165, 1.54) is 4.90 Å². The lowest BCUT2D eigenvalue weighted by atomic mass is 9.92. The van der Waals surface area contributed by atoms with E-state index in [0.717, 1.165) is 19.3 Å². The van der Waals surface area contributed by atoms with Crippen molar-refractivity contribution in [2.45, 2.75) is 44.7 Å². The molecule has 23 heavy (non-hydrogen) atoms.